The molecule has 1 spiro atoms. The van der Waals surface area contributed by atoms with E-state index in [4.69, 9.17) is 0 Å². The Balaban J connectivity index is 1.99. The van der Waals surface area contributed by atoms with Crippen LogP contribution in [-0.4, -0.2) is 26.0 Å². The molecule has 0 saturated heterocycles. The number of benzene rings is 2. The summed E-state index contributed by atoms with van der Waals surface area (Å²) in [6.45, 7) is 3.64. The average molecular weight is 292 g/mol. The van der Waals surface area contributed by atoms with Gasteiger partial charge in [-0.3, -0.25) is 4.79 Å². The number of likely N-dealkylation sites (N-methyl/N-ethyl adjacent to an activating group) is 1. The van der Waals surface area contributed by atoms with Gasteiger partial charge >= 0.3 is 0 Å². The molecular formula is C19H20N2O. The fourth-order valence-corrected chi connectivity index (χ4v) is 4.21. The maximum Gasteiger partial charge on any atom is 0.228 e. The summed E-state index contributed by atoms with van der Waals surface area (Å²) in [5, 5.41) is 0. The summed E-state index contributed by atoms with van der Waals surface area (Å²) in [4.78, 5) is 17.0. The van der Waals surface area contributed by atoms with Crippen LogP contribution in [0.2, 0.25) is 0 Å². The van der Waals surface area contributed by atoms with Crippen LogP contribution >= 0.6 is 0 Å². The van der Waals surface area contributed by atoms with Crippen LogP contribution in [0, 0.1) is 0 Å². The lowest BCUT2D eigenvalue weighted by Crippen LogP contribution is -2.46. The summed E-state index contributed by atoms with van der Waals surface area (Å²) in [7, 11) is 2.12. The quantitative estimate of drug-likeness (QED) is 0.806. The number of nitrogens with zero attached hydrogens (tertiary/aromatic N) is 2. The topological polar surface area (TPSA) is 23.6 Å². The van der Waals surface area contributed by atoms with Crippen LogP contribution in [0.5, 0.6) is 0 Å². The zero-order chi connectivity index (χ0) is 15.3. The van der Waals surface area contributed by atoms with Gasteiger partial charge in [0, 0.05) is 37.9 Å². The number of amides is 1. The van der Waals surface area contributed by atoms with Crippen molar-refractivity contribution in [3.05, 3.63) is 59.7 Å². The molecule has 0 radical (unpaired) electrons. The Labute approximate surface area is 131 Å². The van der Waals surface area contributed by atoms with Crippen LogP contribution in [0.1, 0.15) is 24.5 Å². The lowest BCUT2D eigenvalue weighted by Gasteiger charge is -2.40. The molecule has 1 amide bonds. The molecule has 2 aliphatic rings. The molecule has 0 bridgehead atoms. The highest BCUT2D eigenvalue weighted by atomic mass is 16.2. The summed E-state index contributed by atoms with van der Waals surface area (Å²) in [6.07, 6.45) is 0.555. The fourth-order valence-electron chi connectivity index (χ4n) is 4.21. The first-order valence-electron chi connectivity index (χ1n) is 7.88. The van der Waals surface area contributed by atoms with Gasteiger partial charge in [0.15, 0.2) is 0 Å². The van der Waals surface area contributed by atoms with Crippen molar-refractivity contribution in [3.8, 4) is 0 Å². The lowest BCUT2D eigenvalue weighted by molar-refractivity contribution is -0.119. The Morgan fingerprint density at radius 1 is 1.00 bits per heavy atom. The number of fused-ring (bicyclic) bond motifs is 4. The van der Waals surface area contributed by atoms with Crippen molar-refractivity contribution in [2.75, 3.05) is 29.9 Å². The van der Waals surface area contributed by atoms with Crippen LogP contribution in [-0.2, 0) is 10.2 Å². The Bertz CT molecular complexity index is 755. The molecule has 0 saturated carbocycles. The van der Waals surface area contributed by atoms with Crippen molar-refractivity contribution in [2.45, 2.75) is 18.8 Å². The van der Waals surface area contributed by atoms with Gasteiger partial charge in [0.25, 0.3) is 0 Å². The SMILES string of the molecule is CCN1C(=O)CC2(CN(C)c3ccccc32)c2ccccc21. The normalized spacial score (nSPS) is 22.9. The van der Waals surface area contributed by atoms with Gasteiger partial charge in [-0.2, -0.15) is 0 Å². The van der Waals surface area contributed by atoms with Crippen molar-refractivity contribution >= 4 is 17.3 Å². The number of carbonyl (C=O) groups excluding carboxylic acids is 1. The Morgan fingerprint density at radius 3 is 2.27 bits per heavy atom. The highest BCUT2D eigenvalue weighted by Gasteiger charge is 2.49. The first kappa shape index (κ1) is 13.4. The maximum absolute atomic E-state index is 12.8. The van der Waals surface area contributed by atoms with Gasteiger partial charge in [0.05, 0.1) is 5.41 Å². The number of hydrogen-bond acceptors (Lipinski definition) is 2. The van der Waals surface area contributed by atoms with E-state index in [1.54, 1.807) is 0 Å². The summed E-state index contributed by atoms with van der Waals surface area (Å²) < 4.78 is 0. The molecule has 2 aromatic carbocycles. The maximum atomic E-state index is 12.8. The molecule has 2 aromatic rings. The van der Waals surface area contributed by atoms with E-state index < -0.39 is 0 Å². The van der Waals surface area contributed by atoms with E-state index >= 15 is 0 Å². The van der Waals surface area contributed by atoms with Gasteiger partial charge in [-0.25, -0.2) is 0 Å². The molecular weight excluding hydrogens is 272 g/mol. The fraction of sp³-hybridized carbons (Fsp3) is 0.316. The molecule has 22 heavy (non-hydrogen) atoms. The largest absolute Gasteiger partial charge is 0.373 e. The van der Waals surface area contributed by atoms with Crippen molar-refractivity contribution in [1.29, 1.82) is 0 Å². The zero-order valence-electron chi connectivity index (χ0n) is 13.0. The van der Waals surface area contributed by atoms with Crippen LogP contribution in [0.3, 0.4) is 0 Å². The van der Waals surface area contributed by atoms with Gasteiger partial charge in [0.1, 0.15) is 0 Å². The Morgan fingerprint density at radius 2 is 1.59 bits per heavy atom. The number of rotatable bonds is 1. The third-order valence-corrected chi connectivity index (χ3v) is 5.12. The molecule has 3 nitrogen and oxygen atoms in total. The van der Waals surface area contributed by atoms with E-state index in [1.807, 2.05) is 17.9 Å². The van der Waals surface area contributed by atoms with E-state index in [2.05, 4.69) is 54.4 Å². The van der Waals surface area contributed by atoms with E-state index in [-0.39, 0.29) is 11.3 Å². The van der Waals surface area contributed by atoms with Crippen LogP contribution in [0.25, 0.3) is 0 Å². The minimum Gasteiger partial charge on any atom is -0.373 e. The summed E-state index contributed by atoms with van der Waals surface area (Å²) in [5.74, 6) is 0.228. The zero-order valence-corrected chi connectivity index (χ0v) is 13.0. The third kappa shape index (κ3) is 1.59. The van der Waals surface area contributed by atoms with Crippen molar-refractivity contribution in [3.63, 3.8) is 0 Å². The predicted octanol–water partition coefficient (Wildman–Crippen LogP) is 3.18. The molecule has 0 aliphatic carbocycles. The van der Waals surface area contributed by atoms with Crippen molar-refractivity contribution < 1.29 is 4.79 Å². The number of para-hydroxylation sites is 2. The van der Waals surface area contributed by atoms with Gasteiger partial charge in [0.2, 0.25) is 5.91 Å². The molecule has 1 atom stereocenters. The highest BCUT2D eigenvalue weighted by molar-refractivity contribution is 5.99. The molecule has 0 aromatic heterocycles. The molecule has 2 heterocycles. The Hall–Kier alpha value is -2.29. The smallest absolute Gasteiger partial charge is 0.228 e. The molecule has 1 unspecified atom stereocenters. The first-order valence-corrected chi connectivity index (χ1v) is 7.88. The molecule has 0 N–H and O–H groups in total. The Kier molecular flexibility index (Phi) is 2.80. The van der Waals surface area contributed by atoms with E-state index in [9.17, 15) is 4.79 Å². The predicted molar refractivity (Wildman–Crippen MR) is 89.6 cm³/mol. The molecule has 112 valence electrons. The number of hydrogen-bond donors (Lipinski definition) is 0. The van der Waals surface area contributed by atoms with E-state index in [0.717, 1.165) is 18.8 Å². The van der Waals surface area contributed by atoms with Gasteiger partial charge in [-0.15, -0.1) is 0 Å². The molecule has 2 aliphatic heterocycles. The van der Waals surface area contributed by atoms with Gasteiger partial charge < -0.3 is 9.80 Å². The van der Waals surface area contributed by atoms with Crippen LogP contribution in [0.4, 0.5) is 11.4 Å². The average Bonchev–Trinajstić information content (AvgIpc) is 2.82. The molecule has 0 fully saturated rings. The van der Waals surface area contributed by atoms with Gasteiger partial charge in [-0.1, -0.05) is 36.4 Å². The third-order valence-electron chi connectivity index (χ3n) is 5.12. The minimum atomic E-state index is -0.204. The first-order chi connectivity index (χ1) is 10.7. The second-order valence-corrected chi connectivity index (χ2v) is 6.29. The van der Waals surface area contributed by atoms with Gasteiger partial charge in [-0.05, 0) is 30.2 Å². The summed E-state index contributed by atoms with van der Waals surface area (Å²) in [6, 6.07) is 16.9. The number of anilines is 2. The monoisotopic (exact) mass is 292 g/mol. The van der Waals surface area contributed by atoms with Crippen LogP contribution in [0.15, 0.2) is 48.5 Å². The standard InChI is InChI=1S/C19H20N2O/c1-3-21-17-11-7-5-9-15(17)19(12-18(21)22)13-20(2)16-10-6-4-8-14(16)19/h4-11H,3,12-13H2,1-2H3. The summed E-state index contributed by atoms with van der Waals surface area (Å²) >= 11 is 0. The number of carbonyl (C=O) groups is 1. The molecule has 4 rings (SSSR count). The second-order valence-electron chi connectivity index (χ2n) is 6.29. The van der Waals surface area contributed by atoms with Crippen LogP contribution < -0.4 is 9.80 Å². The van der Waals surface area contributed by atoms with Crippen molar-refractivity contribution in [2.24, 2.45) is 0 Å². The summed E-state index contributed by atoms with van der Waals surface area (Å²) in [5.41, 5.74) is 4.69. The van der Waals surface area contributed by atoms with Crippen molar-refractivity contribution in [1.82, 2.24) is 0 Å². The lowest BCUT2D eigenvalue weighted by atomic mass is 9.70. The minimum absolute atomic E-state index is 0.204. The second kappa shape index (κ2) is 4.60. The van der Waals surface area contributed by atoms with E-state index in [1.165, 1.54) is 16.8 Å². The highest BCUT2D eigenvalue weighted by Crippen LogP contribution is 2.51. The van der Waals surface area contributed by atoms with E-state index in [0.29, 0.717) is 6.42 Å². The molecule has 3 heteroatoms.